The van der Waals surface area contributed by atoms with E-state index in [1.807, 2.05) is 46.8 Å². The number of likely N-dealkylation sites (tertiary alicyclic amines) is 1. The first kappa shape index (κ1) is 23.2. The molecule has 0 aliphatic carbocycles. The predicted molar refractivity (Wildman–Crippen MR) is 144 cm³/mol. The van der Waals surface area contributed by atoms with E-state index in [-0.39, 0.29) is 5.91 Å². The molecule has 1 amide bonds. The maximum atomic E-state index is 12.7. The topological polar surface area (TPSA) is 61.9 Å². The molecule has 2 N–H and O–H groups in total. The zero-order chi connectivity index (χ0) is 24.0. The van der Waals surface area contributed by atoms with Crippen LogP contribution in [0.5, 0.6) is 0 Å². The summed E-state index contributed by atoms with van der Waals surface area (Å²) in [5.74, 6) is 1.98. The van der Waals surface area contributed by atoms with Crippen molar-refractivity contribution in [1.82, 2.24) is 9.21 Å². The zero-order valence-electron chi connectivity index (χ0n) is 19.7. The fourth-order valence-electron chi connectivity index (χ4n) is 4.53. The van der Waals surface area contributed by atoms with Gasteiger partial charge in [0.05, 0.1) is 0 Å². The summed E-state index contributed by atoms with van der Waals surface area (Å²) in [5, 5.41) is 0. The summed E-state index contributed by atoms with van der Waals surface area (Å²) in [6.45, 7) is 1.91. The molecule has 1 fully saturated rings. The van der Waals surface area contributed by atoms with Crippen molar-refractivity contribution in [3.63, 3.8) is 0 Å². The van der Waals surface area contributed by atoms with Gasteiger partial charge in [-0.3, -0.25) is 9.10 Å². The van der Waals surface area contributed by atoms with Gasteiger partial charge in [0.1, 0.15) is 17.7 Å². The van der Waals surface area contributed by atoms with Gasteiger partial charge in [-0.05, 0) is 54.0 Å². The summed E-state index contributed by atoms with van der Waals surface area (Å²) < 4.78 is 1.99. The minimum absolute atomic E-state index is 0.367. The number of rotatable bonds is 7. The molecule has 0 aromatic heterocycles. The largest absolute Gasteiger partial charge is 0.368 e. The van der Waals surface area contributed by atoms with E-state index < -0.39 is 6.04 Å². The molecule has 2 heterocycles. The van der Waals surface area contributed by atoms with Crippen LogP contribution in [0, 0.1) is 0 Å². The van der Waals surface area contributed by atoms with Crippen LogP contribution in [0.1, 0.15) is 30.4 Å². The van der Waals surface area contributed by atoms with Crippen LogP contribution in [-0.4, -0.2) is 40.1 Å². The molecule has 0 bridgehead atoms. The van der Waals surface area contributed by atoms with Gasteiger partial charge in [0.25, 0.3) is 0 Å². The summed E-state index contributed by atoms with van der Waals surface area (Å²) in [6.07, 6.45) is 5.45. The lowest BCUT2D eigenvalue weighted by atomic mass is 10.0. The van der Waals surface area contributed by atoms with Crippen LogP contribution in [-0.2, 0) is 10.5 Å². The van der Waals surface area contributed by atoms with E-state index >= 15 is 0 Å². The minimum atomic E-state index is -0.568. The normalized spacial score (nSPS) is 18.1. The average molecular weight is 483 g/mol. The Bertz CT molecular complexity index is 1200. The fourth-order valence-corrected chi connectivity index (χ4v) is 5.60. The van der Waals surface area contributed by atoms with Gasteiger partial charge < -0.3 is 10.6 Å². The number of nitrogens with zero attached hydrogens (tertiary/aromatic N) is 3. The lowest BCUT2D eigenvalue weighted by molar-refractivity contribution is -0.119. The molecule has 6 heteroatoms. The molecule has 1 saturated heterocycles. The minimum Gasteiger partial charge on any atom is -0.368 e. The quantitative estimate of drug-likeness (QED) is 0.455. The Morgan fingerprint density at radius 2 is 1.43 bits per heavy atom. The van der Waals surface area contributed by atoms with E-state index in [1.165, 1.54) is 17.5 Å². The van der Waals surface area contributed by atoms with Crippen LogP contribution in [0.25, 0.3) is 11.1 Å². The number of hydrogen-bond donors (Lipinski definition) is 1. The lowest BCUT2D eigenvalue weighted by Gasteiger charge is -2.37. The molecule has 35 heavy (non-hydrogen) atoms. The van der Waals surface area contributed by atoms with Gasteiger partial charge in [0.15, 0.2) is 0 Å². The second-order valence-corrected chi connectivity index (χ2v) is 9.82. The molecule has 5 rings (SSSR count). The molecule has 178 valence electrons. The first-order valence-corrected chi connectivity index (χ1v) is 13.1. The first-order chi connectivity index (χ1) is 17.2. The number of piperidine rings is 1. The van der Waals surface area contributed by atoms with Crippen molar-refractivity contribution >= 4 is 23.7 Å². The van der Waals surface area contributed by atoms with Crippen molar-refractivity contribution in [2.24, 2.45) is 10.7 Å². The van der Waals surface area contributed by atoms with E-state index in [9.17, 15) is 4.79 Å². The molecule has 2 aliphatic rings. The summed E-state index contributed by atoms with van der Waals surface area (Å²) in [5.41, 5.74) is 10.4. The maximum absolute atomic E-state index is 12.7. The molecule has 3 aromatic rings. The number of amides is 1. The van der Waals surface area contributed by atoms with Gasteiger partial charge in [-0.15, -0.1) is 0 Å². The third kappa shape index (κ3) is 5.43. The van der Waals surface area contributed by atoms with Crippen molar-refractivity contribution < 1.29 is 4.79 Å². The molecule has 3 aromatic carbocycles. The van der Waals surface area contributed by atoms with Gasteiger partial charge in [0, 0.05) is 24.4 Å². The van der Waals surface area contributed by atoms with Gasteiger partial charge in [-0.2, -0.15) is 0 Å². The van der Waals surface area contributed by atoms with Gasteiger partial charge in [-0.1, -0.05) is 84.9 Å². The second-order valence-electron chi connectivity index (χ2n) is 8.88. The summed E-state index contributed by atoms with van der Waals surface area (Å²) >= 11 is 1.58. The Labute approximate surface area is 211 Å². The number of aliphatic imine (C=N–C) groups is 1. The molecule has 0 saturated carbocycles. The van der Waals surface area contributed by atoms with Crippen LogP contribution in [0.4, 0.5) is 0 Å². The van der Waals surface area contributed by atoms with Gasteiger partial charge in [0.2, 0.25) is 5.91 Å². The smallest absolute Gasteiger partial charge is 0.245 e. The highest BCUT2D eigenvalue weighted by atomic mass is 32.2. The Kier molecular flexibility index (Phi) is 7.19. The highest BCUT2D eigenvalue weighted by Gasteiger charge is 2.32. The monoisotopic (exact) mass is 482 g/mol. The van der Waals surface area contributed by atoms with Crippen LogP contribution < -0.4 is 5.73 Å². The van der Waals surface area contributed by atoms with E-state index in [4.69, 9.17) is 10.7 Å². The number of carbonyl (C=O) groups is 1. The van der Waals surface area contributed by atoms with Crippen LogP contribution >= 0.6 is 11.9 Å². The molecule has 1 atom stereocenters. The number of carbonyl (C=O) groups excluding carboxylic acids is 1. The van der Waals surface area contributed by atoms with E-state index in [0.29, 0.717) is 0 Å². The highest BCUT2D eigenvalue weighted by molar-refractivity contribution is 7.96. The summed E-state index contributed by atoms with van der Waals surface area (Å²) in [4.78, 5) is 20.1. The van der Waals surface area contributed by atoms with E-state index in [2.05, 4.69) is 53.4 Å². The first-order valence-electron chi connectivity index (χ1n) is 12.2. The SMILES string of the molecule is NC(=O)C1C=C(N2CCCCC2)N=C(c2ccc(-c3ccccc3)cc2)N1SCc1ccccc1. The zero-order valence-corrected chi connectivity index (χ0v) is 20.5. The molecule has 2 aliphatic heterocycles. The third-order valence-electron chi connectivity index (χ3n) is 6.42. The molecule has 1 unspecified atom stereocenters. The molecular weight excluding hydrogens is 452 g/mol. The molecular formula is C29H30N4OS. The third-order valence-corrected chi connectivity index (χ3v) is 7.56. The Hall–Kier alpha value is -3.51. The van der Waals surface area contributed by atoms with Crippen molar-refractivity contribution in [3.8, 4) is 11.1 Å². The number of benzene rings is 3. The Morgan fingerprint density at radius 3 is 2.09 bits per heavy atom. The number of primary amides is 1. The van der Waals surface area contributed by atoms with Crippen molar-refractivity contribution in [3.05, 3.63) is 108 Å². The summed E-state index contributed by atoms with van der Waals surface area (Å²) in [6, 6.07) is 28.4. The predicted octanol–water partition coefficient (Wildman–Crippen LogP) is 5.45. The van der Waals surface area contributed by atoms with Crippen molar-refractivity contribution in [1.29, 1.82) is 0 Å². The van der Waals surface area contributed by atoms with Gasteiger partial charge in [-0.25, -0.2) is 4.99 Å². The average Bonchev–Trinajstić information content (AvgIpc) is 2.93. The molecule has 5 nitrogen and oxygen atoms in total. The van der Waals surface area contributed by atoms with Crippen molar-refractivity contribution in [2.75, 3.05) is 13.1 Å². The number of hydrogen-bond acceptors (Lipinski definition) is 5. The van der Waals surface area contributed by atoms with E-state index in [1.54, 1.807) is 11.9 Å². The van der Waals surface area contributed by atoms with Crippen molar-refractivity contribution in [2.45, 2.75) is 31.1 Å². The fraction of sp³-hybridized carbons (Fsp3) is 0.241. The second kappa shape index (κ2) is 10.8. The maximum Gasteiger partial charge on any atom is 0.245 e. The lowest BCUT2D eigenvalue weighted by Crippen LogP contribution is -2.47. The molecule has 0 radical (unpaired) electrons. The summed E-state index contributed by atoms with van der Waals surface area (Å²) in [7, 11) is 0. The number of amidine groups is 1. The van der Waals surface area contributed by atoms with Crippen LogP contribution in [0.3, 0.4) is 0 Å². The van der Waals surface area contributed by atoms with Crippen LogP contribution in [0.2, 0.25) is 0 Å². The Morgan fingerprint density at radius 1 is 0.829 bits per heavy atom. The number of nitrogens with two attached hydrogens (primary N) is 1. The molecule has 0 spiro atoms. The van der Waals surface area contributed by atoms with Crippen LogP contribution in [0.15, 0.2) is 102 Å². The Balaban J connectivity index is 1.50. The van der Waals surface area contributed by atoms with Gasteiger partial charge >= 0.3 is 0 Å². The standard InChI is InChI=1S/C29H30N4OS/c30-28(34)26-20-27(32-18-8-3-9-19-32)31-29(33(26)35-21-22-10-4-1-5-11-22)25-16-14-24(15-17-25)23-12-6-2-7-13-23/h1-2,4-7,10-17,20,26H,3,8-9,18-19,21H2,(H2,30,34). The van der Waals surface area contributed by atoms with E-state index in [0.717, 1.165) is 54.5 Å². The highest BCUT2D eigenvalue weighted by Crippen LogP contribution is 2.31.